The Morgan fingerprint density at radius 3 is 1.88 bits per heavy atom. The van der Waals surface area contributed by atoms with Crippen LogP contribution in [0.1, 0.15) is 117 Å². The Morgan fingerprint density at radius 1 is 0.850 bits per heavy atom. The maximum Gasteiger partial charge on any atom is 0.409 e. The van der Waals surface area contributed by atoms with Gasteiger partial charge in [0, 0.05) is 20.7 Å². The Kier molecular flexibility index (Phi) is 21.5. The monoisotopic (exact) mass is 584 g/mol. The molecular formula is C31H58N3O5S+. The summed E-state index contributed by atoms with van der Waals surface area (Å²) in [5, 5.41) is 4.69. The van der Waals surface area contributed by atoms with E-state index in [0.29, 0.717) is 19.6 Å². The van der Waals surface area contributed by atoms with E-state index in [1.165, 1.54) is 97.0 Å². The van der Waals surface area contributed by atoms with E-state index in [2.05, 4.69) is 12.2 Å². The number of carbonyl (C=O) groups is 2. The Morgan fingerprint density at radius 2 is 1.38 bits per heavy atom. The number of rotatable bonds is 25. The van der Waals surface area contributed by atoms with Crippen LogP contribution in [0.2, 0.25) is 0 Å². The van der Waals surface area contributed by atoms with Crippen LogP contribution in [-0.4, -0.2) is 63.1 Å². The molecule has 40 heavy (non-hydrogen) atoms. The number of methoxy groups -OCH3 is 1. The lowest BCUT2D eigenvalue weighted by atomic mass is 10.0. The highest BCUT2D eigenvalue weighted by atomic mass is 32.1. The van der Waals surface area contributed by atoms with Crippen LogP contribution < -0.4 is 9.88 Å². The Bertz CT molecular complexity index is 749. The second-order valence-corrected chi connectivity index (χ2v) is 12.0. The molecule has 0 aliphatic rings. The minimum atomic E-state index is -0.913. The first-order valence-electron chi connectivity index (χ1n) is 15.6. The predicted molar refractivity (Wildman–Crippen MR) is 163 cm³/mol. The minimum absolute atomic E-state index is 0.00364. The molecule has 9 heteroatoms. The highest BCUT2D eigenvalue weighted by Crippen LogP contribution is 2.15. The first-order chi connectivity index (χ1) is 19.4. The largest absolute Gasteiger partial charge is 0.446 e. The summed E-state index contributed by atoms with van der Waals surface area (Å²) in [4.78, 5) is 26.0. The van der Waals surface area contributed by atoms with Crippen LogP contribution in [0.4, 0.5) is 9.59 Å². The summed E-state index contributed by atoms with van der Waals surface area (Å²) in [5.74, 6) is 0. The van der Waals surface area contributed by atoms with Crippen molar-refractivity contribution in [1.82, 2.24) is 10.2 Å². The lowest BCUT2D eigenvalue weighted by Gasteiger charge is -2.28. The number of nitrogens with zero attached hydrogens (tertiary/aromatic N) is 2. The molecule has 0 fully saturated rings. The Hall–Kier alpha value is -1.87. The molecule has 1 rings (SSSR count). The van der Waals surface area contributed by atoms with Crippen molar-refractivity contribution in [3.05, 3.63) is 17.1 Å². The van der Waals surface area contributed by atoms with Crippen molar-refractivity contribution in [2.75, 3.05) is 40.5 Å². The van der Waals surface area contributed by atoms with Gasteiger partial charge in [0.15, 0.2) is 12.7 Å². The normalized spacial score (nSPS) is 12.6. The topological polar surface area (TPSA) is 81.0 Å². The molecule has 1 heterocycles. The number of nitrogens with one attached hydrogen (secondary N) is 1. The van der Waals surface area contributed by atoms with Crippen molar-refractivity contribution in [3.8, 4) is 0 Å². The number of hydrogen-bond donors (Lipinski definition) is 1. The summed E-state index contributed by atoms with van der Waals surface area (Å²) < 4.78 is 18.2. The van der Waals surface area contributed by atoms with Gasteiger partial charge in [0.2, 0.25) is 5.51 Å². The fraction of sp³-hybridized carbons (Fsp3) is 0.839. The molecule has 1 N–H and O–H groups in total. The molecule has 1 aromatic rings. The molecule has 8 nitrogen and oxygen atoms in total. The highest BCUT2D eigenvalue weighted by molar-refractivity contribution is 7.07. The van der Waals surface area contributed by atoms with Gasteiger partial charge in [0.1, 0.15) is 18.8 Å². The molecule has 0 aromatic carbocycles. The van der Waals surface area contributed by atoms with Crippen LogP contribution >= 0.6 is 11.3 Å². The summed E-state index contributed by atoms with van der Waals surface area (Å²) >= 11 is 1.60. The second-order valence-electron chi connectivity index (χ2n) is 11.2. The molecular weight excluding hydrogens is 526 g/mol. The van der Waals surface area contributed by atoms with Crippen LogP contribution in [0.15, 0.2) is 17.1 Å². The zero-order valence-electron chi connectivity index (χ0n) is 25.9. The number of ether oxygens (including phenoxy) is 3. The maximum atomic E-state index is 12.4. The predicted octanol–water partition coefficient (Wildman–Crippen LogP) is 7.50. The number of amides is 2. The molecule has 0 aliphatic heterocycles. The van der Waals surface area contributed by atoms with Gasteiger partial charge < -0.3 is 24.4 Å². The van der Waals surface area contributed by atoms with Gasteiger partial charge in [-0.05, 0) is 13.3 Å². The number of alkyl carbamates (subject to hydrolysis) is 1. The van der Waals surface area contributed by atoms with Gasteiger partial charge in [-0.3, -0.25) is 0 Å². The van der Waals surface area contributed by atoms with Crippen molar-refractivity contribution < 1.29 is 28.4 Å². The number of unbranched alkanes of at least 4 members (excludes halogenated alkanes) is 15. The third-order valence-corrected chi connectivity index (χ3v) is 8.00. The molecule has 0 saturated heterocycles. The van der Waals surface area contributed by atoms with Gasteiger partial charge in [-0.1, -0.05) is 115 Å². The van der Waals surface area contributed by atoms with Gasteiger partial charge >= 0.3 is 12.2 Å². The van der Waals surface area contributed by atoms with E-state index in [9.17, 15) is 9.59 Å². The zero-order valence-corrected chi connectivity index (χ0v) is 26.7. The highest BCUT2D eigenvalue weighted by Gasteiger charge is 2.29. The molecule has 0 spiro atoms. The fourth-order valence-corrected chi connectivity index (χ4v) is 5.05. The quantitative estimate of drug-likeness (QED) is 0.0951. The molecule has 0 radical (unpaired) electrons. The van der Waals surface area contributed by atoms with Crippen molar-refractivity contribution in [1.29, 1.82) is 0 Å². The van der Waals surface area contributed by atoms with E-state index in [4.69, 9.17) is 14.2 Å². The second kappa shape index (κ2) is 23.8. The molecule has 232 valence electrons. The number of aromatic nitrogens is 1. The Balaban J connectivity index is 2.00. The zero-order chi connectivity index (χ0) is 29.3. The SMILES string of the molecule is CCCCCCCCCCCCCCCCCCN(C)C(=O)OCC(C)(COC(=O)NCC[n+]1ccsc1)OC. The van der Waals surface area contributed by atoms with E-state index in [1.54, 1.807) is 30.2 Å². The smallest absolute Gasteiger partial charge is 0.409 e. The molecule has 1 aromatic heterocycles. The van der Waals surface area contributed by atoms with Crippen LogP contribution in [0.25, 0.3) is 0 Å². The number of carbonyl (C=O) groups excluding carboxylic acids is 2. The molecule has 1 atom stereocenters. The standard InChI is InChI=1S/C31H57N3O5S/c1-5-6-7-8-9-10-11-12-13-14-15-16-17-18-19-20-22-33(3)30(36)39-27-31(2,37-4)26-38-29(35)32-21-23-34-24-25-40-28-34/h24-25,28H,5-23,26-27H2,1-4H3/p+1. The van der Waals surface area contributed by atoms with Crippen molar-refractivity contribution in [2.24, 2.45) is 0 Å². The summed E-state index contributed by atoms with van der Waals surface area (Å²) in [7, 11) is 3.27. The number of thiazole rings is 1. The van der Waals surface area contributed by atoms with Gasteiger partial charge in [-0.25, -0.2) is 9.59 Å². The molecule has 0 bridgehead atoms. The lowest BCUT2D eigenvalue weighted by molar-refractivity contribution is -0.690. The first kappa shape index (κ1) is 36.2. The van der Waals surface area contributed by atoms with Crippen LogP contribution in [0, 0.1) is 0 Å². The van der Waals surface area contributed by atoms with E-state index < -0.39 is 11.7 Å². The molecule has 2 amide bonds. The van der Waals surface area contributed by atoms with Gasteiger partial charge in [0.05, 0.1) is 11.9 Å². The van der Waals surface area contributed by atoms with E-state index in [0.717, 1.165) is 12.8 Å². The Labute approximate surface area is 248 Å². The summed E-state index contributed by atoms with van der Waals surface area (Å²) in [6, 6.07) is 0. The summed E-state index contributed by atoms with van der Waals surface area (Å²) in [6.07, 6.45) is 22.3. The lowest BCUT2D eigenvalue weighted by Crippen LogP contribution is -2.44. The van der Waals surface area contributed by atoms with Crippen molar-refractivity contribution >= 4 is 23.5 Å². The van der Waals surface area contributed by atoms with Crippen LogP contribution in [-0.2, 0) is 20.8 Å². The van der Waals surface area contributed by atoms with E-state index >= 15 is 0 Å². The average Bonchev–Trinajstić information content (AvgIpc) is 3.48. The third kappa shape index (κ3) is 19.2. The van der Waals surface area contributed by atoms with Gasteiger partial charge in [-0.15, -0.1) is 0 Å². The number of hydrogen-bond acceptors (Lipinski definition) is 6. The summed E-state index contributed by atoms with van der Waals surface area (Å²) in [5.41, 5.74) is 1.06. The van der Waals surface area contributed by atoms with Crippen molar-refractivity contribution in [2.45, 2.75) is 129 Å². The molecule has 1 unspecified atom stereocenters. The van der Waals surface area contributed by atoms with Crippen LogP contribution in [0.5, 0.6) is 0 Å². The fourth-order valence-electron chi connectivity index (χ4n) is 4.42. The summed E-state index contributed by atoms with van der Waals surface area (Å²) in [6.45, 7) is 5.82. The van der Waals surface area contributed by atoms with Gasteiger partial charge in [0.25, 0.3) is 0 Å². The van der Waals surface area contributed by atoms with Crippen molar-refractivity contribution in [3.63, 3.8) is 0 Å². The maximum absolute atomic E-state index is 12.4. The average molecular weight is 585 g/mol. The van der Waals surface area contributed by atoms with Gasteiger partial charge in [-0.2, -0.15) is 4.57 Å². The van der Waals surface area contributed by atoms with E-state index in [-0.39, 0.29) is 19.3 Å². The molecule has 0 saturated carbocycles. The molecule has 0 aliphatic carbocycles. The van der Waals surface area contributed by atoms with E-state index in [1.807, 2.05) is 21.7 Å². The van der Waals surface area contributed by atoms with Crippen LogP contribution in [0.3, 0.4) is 0 Å². The minimum Gasteiger partial charge on any atom is -0.446 e. The third-order valence-electron chi connectivity index (χ3n) is 7.33. The first-order valence-corrected chi connectivity index (χ1v) is 16.6.